The van der Waals surface area contributed by atoms with E-state index in [-0.39, 0.29) is 25.7 Å². The first-order chi connectivity index (χ1) is 53.7. The lowest BCUT2D eigenvalue weighted by Crippen LogP contribution is -2.30. The first-order valence-electron chi connectivity index (χ1n) is 40.6. The van der Waals surface area contributed by atoms with Crippen molar-refractivity contribution in [2.24, 2.45) is 0 Å². The molecule has 0 saturated carbocycles. The predicted octanol–water partition coefficient (Wildman–Crippen LogP) is 24.2. The summed E-state index contributed by atoms with van der Waals surface area (Å²) in [6, 6.07) is 0. The maximum absolute atomic E-state index is 13.1. The molecule has 0 aromatic heterocycles. The van der Waals surface area contributed by atoms with Crippen LogP contribution in [0.3, 0.4) is 0 Å². The zero-order valence-electron chi connectivity index (χ0n) is 67.3. The van der Waals surface area contributed by atoms with Gasteiger partial charge in [-0.05, 0) is 173 Å². The Balaban J connectivity index is 5.59. The quantitative estimate of drug-likeness (QED) is 0.0169. The van der Waals surface area contributed by atoms with Crippen LogP contribution in [0.1, 0.15) is 259 Å². The summed E-state index contributed by atoms with van der Waals surface area (Å²) in [6.07, 6.45) is 103. The van der Waals surface area contributed by atoms with E-state index >= 15 is 0 Å². The van der Waals surface area contributed by atoms with Crippen LogP contribution in [-0.2, 0) is 65.4 Å². The highest BCUT2D eigenvalue weighted by Gasteiger charge is 2.30. The molecule has 0 spiro atoms. The molecule has 0 bridgehead atoms. The third-order valence-corrected chi connectivity index (χ3v) is 17.5. The minimum absolute atomic E-state index is 0.0113. The van der Waals surface area contributed by atoms with Crippen LogP contribution >= 0.6 is 15.6 Å². The Morgan fingerprint density at radius 2 is 0.473 bits per heavy atom. The molecule has 0 rings (SSSR count). The van der Waals surface area contributed by atoms with Crippen LogP contribution in [0.4, 0.5) is 0 Å². The molecule has 0 fully saturated rings. The van der Waals surface area contributed by atoms with E-state index in [1.807, 2.05) is 42.5 Å². The van der Waals surface area contributed by atoms with Gasteiger partial charge in [-0.2, -0.15) is 0 Å². The summed E-state index contributed by atoms with van der Waals surface area (Å²) < 4.78 is 68.5. The number of allylic oxidation sites excluding steroid dienone is 38. The fourth-order valence-corrected chi connectivity index (χ4v) is 11.2. The molecule has 0 aromatic rings. The number of rotatable bonds is 73. The number of aliphatic hydroxyl groups is 1. The lowest BCUT2D eigenvalue weighted by atomic mass is 10.1. The lowest BCUT2D eigenvalue weighted by molar-refractivity contribution is -0.161. The summed E-state index contributed by atoms with van der Waals surface area (Å²) in [6.45, 7) is 4.15. The van der Waals surface area contributed by atoms with Gasteiger partial charge in [0.2, 0.25) is 0 Å². The van der Waals surface area contributed by atoms with E-state index < -0.39 is 97.5 Å². The van der Waals surface area contributed by atoms with Gasteiger partial charge in [0, 0.05) is 25.7 Å². The highest BCUT2D eigenvalue weighted by Crippen LogP contribution is 2.45. The topological polar surface area (TPSA) is 237 Å². The second-order valence-electron chi connectivity index (χ2n) is 25.8. The van der Waals surface area contributed by atoms with Gasteiger partial charge in [0.25, 0.3) is 0 Å². The number of ether oxygens (including phenoxy) is 4. The molecular weight excluding hydrogens is 1430 g/mol. The van der Waals surface area contributed by atoms with E-state index in [9.17, 15) is 43.2 Å². The molecule has 5 unspecified atom stereocenters. The molecule has 3 N–H and O–H groups in total. The smallest absolute Gasteiger partial charge is 0.462 e. The van der Waals surface area contributed by atoms with Crippen LogP contribution in [0.5, 0.6) is 0 Å². The minimum Gasteiger partial charge on any atom is -0.462 e. The molecule has 0 amide bonds. The Labute approximate surface area is 664 Å². The molecule has 17 nitrogen and oxygen atoms in total. The number of carbonyl (C=O) groups excluding carboxylic acids is 4. The normalized spacial score (nSPS) is 15.0. The lowest BCUT2D eigenvalue weighted by Gasteiger charge is -2.21. The minimum atomic E-state index is -5.03. The van der Waals surface area contributed by atoms with Crippen molar-refractivity contribution in [2.75, 3.05) is 39.6 Å². The molecule has 19 heteroatoms. The number of carbonyl (C=O) groups is 4. The van der Waals surface area contributed by atoms with Crippen LogP contribution in [0.25, 0.3) is 0 Å². The number of hydrogen-bond donors (Lipinski definition) is 3. The van der Waals surface area contributed by atoms with Gasteiger partial charge in [0.05, 0.1) is 26.4 Å². The van der Waals surface area contributed by atoms with Crippen LogP contribution < -0.4 is 0 Å². The van der Waals surface area contributed by atoms with Gasteiger partial charge in [-0.25, -0.2) is 9.13 Å². The average molecular weight is 1570 g/mol. The second kappa shape index (κ2) is 80.2. The van der Waals surface area contributed by atoms with Gasteiger partial charge in [-0.15, -0.1) is 0 Å². The first-order valence-corrected chi connectivity index (χ1v) is 43.6. The van der Waals surface area contributed by atoms with Crippen molar-refractivity contribution in [1.82, 2.24) is 0 Å². The van der Waals surface area contributed by atoms with Crippen molar-refractivity contribution >= 4 is 39.5 Å². The van der Waals surface area contributed by atoms with Crippen molar-refractivity contribution < 1.29 is 80.2 Å². The Morgan fingerprint density at radius 3 is 0.773 bits per heavy atom. The molecule has 0 saturated heterocycles. The summed E-state index contributed by atoms with van der Waals surface area (Å²) in [5.74, 6) is -2.45. The maximum Gasteiger partial charge on any atom is 0.472 e. The highest BCUT2D eigenvalue weighted by molar-refractivity contribution is 7.47. The monoisotopic (exact) mass is 1570 g/mol. The number of phosphoric acid groups is 2. The fraction of sp³-hybridized carbons (Fsp3) is 0.538. The molecule has 0 aliphatic carbocycles. The third-order valence-electron chi connectivity index (χ3n) is 15.6. The second-order valence-corrected chi connectivity index (χ2v) is 28.7. The molecule has 0 radical (unpaired) electrons. The summed E-state index contributed by atoms with van der Waals surface area (Å²) in [7, 11) is -10.0. The summed E-state index contributed by atoms with van der Waals surface area (Å²) in [5.41, 5.74) is 0. The largest absolute Gasteiger partial charge is 0.472 e. The highest BCUT2D eigenvalue weighted by atomic mass is 31.2. The van der Waals surface area contributed by atoms with Crippen LogP contribution in [0.2, 0.25) is 0 Å². The van der Waals surface area contributed by atoms with Crippen molar-refractivity contribution in [1.29, 1.82) is 0 Å². The molecule has 0 aromatic carbocycles. The maximum atomic E-state index is 13.1. The van der Waals surface area contributed by atoms with Crippen molar-refractivity contribution in [3.8, 4) is 0 Å². The van der Waals surface area contributed by atoms with Gasteiger partial charge in [0.1, 0.15) is 19.3 Å². The van der Waals surface area contributed by atoms with Crippen molar-refractivity contribution in [3.63, 3.8) is 0 Å². The Hall–Kier alpha value is -6.88. The predicted molar refractivity (Wildman–Crippen MR) is 454 cm³/mol. The summed E-state index contributed by atoms with van der Waals surface area (Å²) in [5, 5.41) is 10.7. The number of aliphatic hydroxyl groups excluding tert-OH is 1. The molecule has 0 aliphatic rings. The Morgan fingerprint density at radius 1 is 0.255 bits per heavy atom. The van der Waals surface area contributed by atoms with E-state index in [0.717, 1.165) is 161 Å². The third kappa shape index (κ3) is 79.2. The van der Waals surface area contributed by atoms with E-state index in [4.69, 9.17) is 37.0 Å². The van der Waals surface area contributed by atoms with Gasteiger partial charge in [0.15, 0.2) is 12.2 Å². The first kappa shape index (κ1) is 103. The number of hydrogen-bond acceptors (Lipinski definition) is 15. The molecule has 5 atom stereocenters. The standard InChI is InChI=1S/C91H140O17P2/c1-5-9-13-17-21-25-29-33-37-41-42-46-48-52-56-60-64-68-72-76-89(94)102-82-87(108-91(96)78-74-70-66-62-58-54-50-45-40-36-32-28-24-20-16-12-8-4)84-106-110(99,100)104-80-85(92)79-103-109(97,98)105-83-86(107-90(95)77-73-69-65-61-57-53-49-44-39-35-31-27-23-19-15-11-7-3)81-101-88(93)75-71-67-63-59-55-51-47-43-38-34-30-26-22-18-14-10-6-2/h9-16,21-28,33-40,42,46-47,50-52,54,56,59,62-64,66,68,85-87,92H,5-8,17-20,29-32,41,43-45,48-49,53,55,57-58,60-61,65,67,69-84H2,1-4H3,(H,97,98)(H,99,100)/b13-9-,14-10-,15-11-,16-12-,25-21-,26-22-,27-23-,28-24-,37-33-,38-34-,39-35-,40-36-,46-42-,51-47-,54-50-,56-52-,63-59-,66-62-,68-64-. The fourth-order valence-electron chi connectivity index (χ4n) is 9.62. The molecular formula is C91H140O17P2. The zero-order valence-corrected chi connectivity index (χ0v) is 69.1. The van der Waals surface area contributed by atoms with E-state index in [1.54, 1.807) is 0 Å². The van der Waals surface area contributed by atoms with E-state index in [0.29, 0.717) is 44.9 Å². The van der Waals surface area contributed by atoms with Gasteiger partial charge < -0.3 is 33.8 Å². The SMILES string of the molecule is CC/C=C\C/C=C\C/C=C\C/C=C\C/C=C\C/C=C\CCC(=O)OCC(COP(=O)(O)OCC(O)COP(=O)(O)OCC(COC(=O)CCC/C=C\C/C=C\C/C=C\C/C=C\C/C=C\CC)OC(=O)CCCCCCCCC/C=C\C/C=C\C/C=C\CC)OC(=O)CCC/C=C\C/C=C\C/C=C\C/C=C\C/C=C\CC. The number of unbranched alkanes of at least 4 members (excludes halogenated alkanes) is 9. The molecule has 110 heavy (non-hydrogen) atoms. The molecule has 616 valence electrons. The molecule has 0 heterocycles. The van der Waals surface area contributed by atoms with Gasteiger partial charge in [-0.1, -0.05) is 291 Å². The van der Waals surface area contributed by atoms with Crippen LogP contribution in [0, 0.1) is 0 Å². The zero-order chi connectivity index (χ0) is 80.3. The van der Waals surface area contributed by atoms with Gasteiger partial charge >= 0.3 is 39.5 Å². The van der Waals surface area contributed by atoms with Crippen molar-refractivity contribution in [2.45, 2.75) is 277 Å². The Bertz CT molecular complexity index is 3000. The van der Waals surface area contributed by atoms with Crippen molar-refractivity contribution in [3.05, 3.63) is 231 Å². The number of phosphoric ester groups is 2. The Kier molecular flexibility index (Phi) is 75.2. The van der Waals surface area contributed by atoms with E-state index in [2.05, 4.69) is 216 Å². The molecule has 0 aliphatic heterocycles. The van der Waals surface area contributed by atoms with E-state index in [1.165, 1.54) is 0 Å². The van der Waals surface area contributed by atoms with Gasteiger partial charge in [-0.3, -0.25) is 37.3 Å². The average Bonchev–Trinajstić information content (AvgIpc) is 0.906. The number of esters is 4. The summed E-state index contributed by atoms with van der Waals surface area (Å²) >= 11 is 0. The summed E-state index contributed by atoms with van der Waals surface area (Å²) in [4.78, 5) is 73.1. The van der Waals surface area contributed by atoms with Crippen LogP contribution in [0.15, 0.2) is 231 Å². The van der Waals surface area contributed by atoms with Crippen LogP contribution in [-0.4, -0.2) is 96.7 Å².